The van der Waals surface area contributed by atoms with Crippen LogP contribution >= 0.6 is 0 Å². The van der Waals surface area contributed by atoms with Crippen LogP contribution in [0, 0.1) is 11.8 Å². The Morgan fingerprint density at radius 3 is 2.25 bits per heavy atom. The first-order valence-electron chi connectivity index (χ1n) is 5.59. The Hall–Kier alpha value is -0.0400. The molecule has 2 saturated carbocycles. The molecule has 0 spiro atoms. The van der Waals surface area contributed by atoms with Crippen molar-refractivity contribution in [3.63, 3.8) is 0 Å². The molecule has 0 aromatic carbocycles. The van der Waals surface area contributed by atoms with Gasteiger partial charge in [0.25, 0.3) is 0 Å². The summed E-state index contributed by atoms with van der Waals surface area (Å²) in [5.74, 6) is 2.03. The molecule has 0 saturated heterocycles. The maximum absolute atomic E-state index is 3.69. The zero-order valence-electron chi connectivity index (χ0n) is 8.18. The van der Waals surface area contributed by atoms with Crippen LogP contribution in [-0.4, -0.2) is 12.6 Å². The number of hydrogen-bond acceptors (Lipinski definition) is 1. The van der Waals surface area contributed by atoms with Crippen molar-refractivity contribution in [3.8, 4) is 0 Å². The lowest BCUT2D eigenvalue weighted by Gasteiger charge is -2.34. The van der Waals surface area contributed by atoms with Gasteiger partial charge in [-0.05, 0) is 51.0 Å². The molecule has 1 unspecified atom stereocenters. The van der Waals surface area contributed by atoms with E-state index in [4.69, 9.17) is 0 Å². The van der Waals surface area contributed by atoms with Crippen LogP contribution in [0.2, 0.25) is 0 Å². The third kappa shape index (κ3) is 1.82. The van der Waals surface area contributed by atoms with E-state index >= 15 is 0 Å². The fourth-order valence-electron chi connectivity index (χ4n) is 2.16. The summed E-state index contributed by atoms with van der Waals surface area (Å²) in [5.41, 5.74) is 0. The minimum Gasteiger partial charge on any atom is -0.314 e. The first-order valence-corrected chi connectivity index (χ1v) is 5.59. The van der Waals surface area contributed by atoms with E-state index in [1.807, 2.05) is 0 Å². The Balaban J connectivity index is 1.58. The lowest BCUT2D eigenvalue weighted by atomic mass is 9.79. The van der Waals surface area contributed by atoms with Crippen molar-refractivity contribution >= 4 is 0 Å². The smallest absolute Gasteiger partial charge is 0.00671 e. The summed E-state index contributed by atoms with van der Waals surface area (Å²) >= 11 is 0. The lowest BCUT2D eigenvalue weighted by molar-refractivity contribution is 0.215. The second kappa shape index (κ2) is 3.78. The van der Waals surface area contributed by atoms with Crippen LogP contribution in [0.15, 0.2) is 0 Å². The van der Waals surface area contributed by atoms with Crippen LogP contribution < -0.4 is 5.32 Å². The molecular formula is C11H21N. The Morgan fingerprint density at radius 1 is 1.17 bits per heavy atom. The van der Waals surface area contributed by atoms with Crippen molar-refractivity contribution in [1.82, 2.24) is 5.32 Å². The van der Waals surface area contributed by atoms with Crippen molar-refractivity contribution in [2.45, 2.75) is 51.5 Å². The van der Waals surface area contributed by atoms with Gasteiger partial charge < -0.3 is 5.32 Å². The normalized spacial score (nSPS) is 27.8. The van der Waals surface area contributed by atoms with Crippen LogP contribution in [0.4, 0.5) is 0 Å². The van der Waals surface area contributed by atoms with Gasteiger partial charge in [0.15, 0.2) is 0 Å². The molecule has 1 atom stereocenters. The van der Waals surface area contributed by atoms with Crippen molar-refractivity contribution in [1.29, 1.82) is 0 Å². The van der Waals surface area contributed by atoms with Gasteiger partial charge in [0.05, 0.1) is 0 Å². The van der Waals surface area contributed by atoms with Crippen LogP contribution in [0.1, 0.15) is 45.4 Å². The van der Waals surface area contributed by atoms with E-state index in [9.17, 15) is 0 Å². The Labute approximate surface area is 75.9 Å². The SMILES string of the molecule is CC(NCC1CCC1)C1CCC1. The Morgan fingerprint density at radius 2 is 1.83 bits per heavy atom. The standard InChI is InChI=1S/C11H21N/c1-9(11-6-3-7-11)12-8-10-4-2-5-10/h9-12H,2-8H2,1H3. The van der Waals surface area contributed by atoms with Gasteiger partial charge >= 0.3 is 0 Å². The van der Waals surface area contributed by atoms with Gasteiger partial charge in [0, 0.05) is 6.04 Å². The van der Waals surface area contributed by atoms with Gasteiger partial charge in [-0.15, -0.1) is 0 Å². The topological polar surface area (TPSA) is 12.0 Å². The third-order valence-electron chi connectivity index (χ3n) is 3.81. The largest absolute Gasteiger partial charge is 0.314 e. The van der Waals surface area contributed by atoms with E-state index in [2.05, 4.69) is 12.2 Å². The molecule has 2 aliphatic carbocycles. The van der Waals surface area contributed by atoms with Gasteiger partial charge in [-0.2, -0.15) is 0 Å². The fourth-order valence-corrected chi connectivity index (χ4v) is 2.16. The molecule has 0 aromatic rings. The van der Waals surface area contributed by atoms with Gasteiger partial charge in [0.2, 0.25) is 0 Å². The van der Waals surface area contributed by atoms with E-state index in [1.165, 1.54) is 45.1 Å². The van der Waals surface area contributed by atoms with Crippen LogP contribution in [0.5, 0.6) is 0 Å². The van der Waals surface area contributed by atoms with Crippen molar-refractivity contribution in [2.75, 3.05) is 6.54 Å². The van der Waals surface area contributed by atoms with Gasteiger partial charge in [-0.1, -0.05) is 12.8 Å². The molecule has 0 bridgehead atoms. The number of hydrogen-bond donors (Lipinski definition) is 1. The highest BCUT2D eigenvalue weighted by Crippen LogP contribution is 2.30. The quantitative estimate of drug-likeness (QED) is 0.678. The summed E-state index contributed by atoms with van der Waals surface area (Å²) in [7, 11) is 0. The molecule has 2 rings (SSSR count). The second-order valence-corrected chi connectivity index (χ2v) is 4.68. The monoisotopic (exact) mass is 167 g/mol. The molecule has 2 aliphatic rings. The van der Waals surface area contributed by atoms with Crippen molar-refractivity contribution in [2.24, 2.45) is 11.8 Å². The average molecular weight is 167 g/mol. The van der Waals surface area contributed by atoms with E-state index in [1.54, 1.807) is 0 Å². The summed E-state index contributed by atoms with van der Waals surface area (Å²) in [6.45, 7) is 3.65. The Kier molecular flexibility index (Phi) is 2.69. The molecule has 0 heterocycles. The summed E-state index contributed by atoms with van der Waals surface area (Å²) in [6.07, 6.45) is 8.84. The van der Waals surface area contributed by atoms with Crippen molar-refractivity contribution < 1.29 is 0 Å². The highest BCUT2D eigenvalue weighted by atomic mass is 14.9. The van der Waals surface area contributed by atoms with Crippen LogP contribution in [0.3, 0.4) is 0 Å². The summed E-state index contributed by atoms with van der Waals surface area (Å²) in [4.78, 5) is 0. The molecule has 1 N–H and O–H groups in total. The van der Waals surface area contributed by atoms with E-state index in [0.29, 0.717) is 0 Å². The number of nitrogens with one attached hydrogen (secondary N) is 1. The predicted octanol–water partition coefficient (Wildman–Crippen LogP) is 2.56. The molecule has 0 aromatic heterocycles. The van der Waals surface area contributed by atoms with Gasteiger partial charge in [0.1, 0.15) is 0 Å². The molecule has 0 aliphatic heterocycles. The summed E-state index contributed by atoms with van der Waals surface area (Å²) < 4.78 is 0. The predicted molar refractivity (Wildman–Crippen MR) is 52.1 cm³/mol. The first kappa shape index (κ1) is 8.55. The molecule has 70 valence electrons. The molecule has 0 radical (unpaired) electrons. The first-order chi connectivity index (χ1) is 5.86. The molecule has 0 amide bonds. The Bertz CT molecular complexity index is 136. The average Bonchev–Trinajstić information content (AvgIpc) is 1.79. The van der Waals surface area contributed by atoms with E-state index in [0.717, 1.165) is 17.9 Å². The summed E-state index contributed by atoms with van der Waals surface area (Å²) in [6, 6.07) is 0.791. The van der Waals surface area contributed by atoms with Crippen LogP contribution in [0.25, 0.3) is 0 Å². The molecule has 12 heavy (non-hydrogen) atoms. The molecule has 2 fully saturated rings. The van der Waals surface area contributed by atoms with Crippen molar-refractivity contribution in [3.05, 3.63) is 0 Å². The van der Waals surface area contributed by atoms with Gasteiger partial charge in [-0.3, -0.25) is 0 Å². The molecule has 1 nitrogen and oxygen atoms in total. The van der Waals surface area contributed by atoms with E-state index < -0.39 is 0 Å². The minimum absolute atomic E-state index is 0.791. The lowest BCUT2D eigenvalue weighted by Crippen LogP contribution is -2.40. The zero-order chi connectivity index (χ0) is 8.39. The highest BCUT2D eigenvalue weighted by molar-refractivity contribution is 4.81. The number of rotatable bonds is 4. The molecule has 1 heteroatoms. The maximum atomic E-state index is 3.69. The third-order valence-corrected chi connectivity index (χ3v) is 3.81. The zero-order valence-corrected chi connectivity index (χ0v) is 8.18. The van der Waals surface area contributed by atoms with Crippen LogP contribution in [-0.2, 0) is 0 Å². The molecular weight excluding hydrogens is 146 g/mol. The fraction of sp³-hybridized carbons (Fsp3) is 1.00. The minimum atomic E-state index is 0.791. The maximum Gasteiger partial charge on any atom is 0.00671 e. The highest BCUT2D eigenvalue weighted by Gasteiger charge is 2.25. The second-order valence-electron chi connectivity index (χ2n) is 4.68. The van der Waals surface area contributed by atoms with Gasteiger partial charge in [-0.25, -0.2) is 0 Å². The van der Waals surface area contributed by atoms with E-state index in [-0.39, 0.29) is 0 Å². The summed E-state index contributed by atoms with van der Waals surface area (Å²) in [5, 5.41) is 3.69.